The molecule has 2 unspecified atom stereocenters. The van der Waals surface area contributed by atoms with Crippen LogP contribution in [0.25, 0.3) is 0 Å². The summed E-state index contributed by atoms with van der Waals surface area (Å²) in [5.41, 5.74) is 0. The van der Waals surface area contributed by atoms with Gasteiger partial charge < -0.3 is 10.1 Å². The third kappa shape index (κ3) is 3.76. The molecule has 5 nitrogen and oxygen atoms in total. The van der Waals surface area contributed by atoms with Crippen molar-refractivity contribution in [3.05, 3.63) is 17.0 Å². The van der Waals surface area contributed by atoms with Crippen LogP contribution >= 0.6 is 11.3 Å². The van der Waals surface area contributed by atoms with Crippen molar-refractivity contribution in [1.82, 2.24) is 10.0 Å². The Morgan fingerprint density at radius 1 is 1.53 bits per heavy atom. The average molecular weight is 304 g/mol. The van der Waals surface area contributed by atoms with E-state index < -0.39 is 10.0 Å². The first kappa shape index (κ1) is 14.9. The Morgan fingerprint density at radius 2 is 2.32 bits per heavy atom. The minimum absolute atomic E-state index is 0.00786. The maximum absolute atomic E-state index is 12.2. The second kappa shape index (κ2) is 6.32. The van der Waals surface area contributed by atoms with Gasteiger partial charge in [-0.1, -0.05) is 0 Å². The van der Waals surface area contributed by atoms with E-state index in [0.29, 0.717) is 10.8 Å². The summed E-state index contributed by atoms with van der Waals surface area (Å²) in [6, 6.07) is 3.30. The molecule has 2 heterocycles. The predicted octanol–water partition coefficient (Wildman–Crippen LogP) is 1.31. The van der Waals surface area contributed by atoms with Gasteiger partial charge in [0.2, 0.25) is 10.0 Å². The molecule has 1 saturated heterocycles. The van der Waals surface area contributed by atoms with E-state index in [9.17, 15) is 8.42 Å². The van der Waals surface area contributed by atoms with Gasteiger partial charge in [-0.25, -0.2) is 13.1 Å². The van der Waals surface area contributed by atoms with Gasteiger partial charge in [0.05, 0.1) is 6.10 Å². The van der Waals surface area contributed by atoms with Gasteiger partial charge >= 0.3 is 0 Å². The molecule has 1 aromatic rings. The molecule has 1 fully saturated rings. The quantitative estimate of drug-likeness (QED) is 0.831. The van der Waals surface area contributed by atoms with Crippen molar-refractivity contribution in [2.24, 2.45) is 0 Å². The molecule has 0 amide bonds. The lowest BCUT2D eigenvalue weighted by Crippen LogP contribution is -2.40. The van der Waals surface area contributed by atoms with Crippen LogP contribution < -0.4 is 10.0 Å². The molecule has 2 N–H and O–H groups in total. The predicted molar refractivity (Wildman–Crippen MR) is 75.8 cm³/mol. The molecule has 2 atom stereocenters. The van der Waals surface area contributed by atoms with Crippen LogP contribution in [0.5, 0.6) is 0 Å². The molecule has 19 heavy (non-hydrogen) atoms. The van der Waals surface area contributed by atoms with Crippen LogP contribution in [-0.4, -0.2) is 34.2 Å². The van der Waals surface area contributed by atoms with Gasteiger partial charge in [0.25, 0.3) is 0 Å². The zero-order valence-corrected chi connectivity index (χ0v) is 12.8. The SMILES string of the molecule is CNCc1ccc(S(=O)(=O)NC(C)C2CCCO2)s1. The number of hydrogen-bond donors (Lipinski definition) is 2. The van der Waals surface area contributed by atoms with Crippen LogP contribution in [0.4, 0.5) is 0 Å². The van der Waals surface area contributed by atoms with E-state index in [2.05, 4.69) is 10.0 Å². The molecule has 108 valence electrons. The normalized spacial score (nSPS) is 21.7. The van der Waals surface area contributed by atoms with E-state index in [4.69, 9.17) is 4.74 Å². The summed E-state index contributed by atoms with van der Waals surface area (Å²) in [5, 5.41) is 3.01. The number of thiophene rings is 1. The first-order valence-electron chi connectivity index (χ1n) is 6.40. The van der Waals surface area contributed by atoms with Crippen molar-refractivity contribution in [3.63, 3.8) is 0 Å². The fourth-order valence-corrected chi connectivity index (χ4v) is 4.80. The van der Waals surface area contributed by atoms with Crippen LogP contribution in [-0.2, 0) is 21.3 Å². The van der Waals surface area contributed by atoms with E-state index in [0.717, 1.165) is 24.3 Å². The summed E-state index contributed by atoms with van der Waals surface area (Å²) < 4.78 is 33.1. The van der Waals surface area contributed by atoms with E-state index in [-0.39, 0.29) is 12.1 Å². The monoisotopic (exact) mass is 304 g/mol. The molecule has 0 aromatic carbocycles. The number of hydrogen-bond acceptors (Lipinski definition) is 5. The fourth-order valence-electron chi connectivity index (χ4n) is 2.15. The Kier molecular flexibility index (Phi) is 4.97. The second-order valence-corrected chi connectivity index (χ2v) is 7.82. The van der Waals surface area contributed by atoms with Gasteiger partial charge in [0.15, 0.2) is 0 Å². The van der Waals surface area contributed by atoms with Crippen LogP contribution in [0.2, 0.25) is 0 Å². The molecular weight excluding hydrogens is 284 g/mol. The third-order valence-electron chi connectivity index (χ3n) is 3.12. The zero-order chi connectivity index (χ0) is 13.9. The Hall–Kier alpha value is -0.470. The lowest BCUT2D eigenvalue weighted by atomic mass is 10.1. The van der Waals surface area contributed by atoms with E-state index >= 15 is 0 Å². The average Bonchev–Trinajstić information content (AvgIpc) is 2.99. The number of nitrogens with one attached hydrogen (secondary N) is 2. The number of rotatable bonds is 6. The Morgan fingerprint density at radius 3 is 2.95 bits per heavy atom. The maximum Gasteiger partial charge on any atom is 0.250 e. The van der Waals surface area contributed by atoms with Crippen molar-refractivity contribution in [2.75, 3.05) is 13.7 Å². The van der Waals surface area contributed by atoms with Crippen LogP contribution in [0.15, 0.2) is 16.3 Å². The molecule has 1 aliphatic heterocycles. The molecule has 0 bridgehead atoms. The van der Waals surface area contributed by atoms with Crippen molar-refractivity contribution < 1.29 is 13.2 Å². The first-order valence-corrected chi connectivity index (χ1v) is 8.70. The van der Waals surface area contributed by atoms with Crippen LogP contribution in [0.3, 0.4) is 0 Å². The molecule has 7 heteroatoms. The van der Waals surface area contributed by atoms with Gasteiger partial charge in [-0.2, -0.15) is 0 Å². The minimum atomic E-state index is -3.43. The summed E-state index contributed by atoms with van der Waals surface area (Å²) in [4.78, 5) is 1.01. The molecule has 0 saturated carbocycles. The van der Waals surface area contributed by atoms with Crippen LogP contribution in [0, 0.1) is 0 Å². The van der Waals surface area contributed by atoms with Gasteiger partial charge in [0, 0.05) is 24.1 Å². The lowest BCUT2D eigenvalue weighted by molar-refractivity contribution is 0.0902. The molecular formula is C12H20N2O3S2. The Balaban J connectivity index is 2.03. The summed E-state index contributed by atoms with van der Waals surface area (Å²) in [5.74, 6) is 0. The summed E-state index contributed by atoms with van der Waals surface area (Å²) in [7, 11) is -1.59. The molecule has 0 radical (unpaired) electrons. The zero-order valence-electron chi connectivity index (χ0n) is 11.2. The summed E-state index contributed by atoms with van der Waals surface area (Å²) in [6.07, 6.45) is 1.91. The van der Waals surface area contributed by atoms with Crippen molar-refractivity contribution in [3.8, 4) is 0 Å². The van der Waals surface area contributed by atoms with Crippen molar-refractivity contribution >= 4 is 21.4 Å². The fraction of sp³-hybridized carbons (Fsp3) is 0.667. The summed E-state index contributed by atoms with van der Waals surface area (Å²) >= 11 is 1.30. The van der Waals surface area contributed by atoms with Gasteiger partial charge in [0.1, 0.15) is 4.21 Å². The van der Waals surface area contributed by atoms with Crippen molar-refractivity contribution in [1.29, 1.82) is 0 Å². The van der Waals surface area contributed by atoms with E-state index in [1.54, 1.807) is 6.07 Å². The van der Waals surface area contributed by atoms with Crippen LogP contribution in [0.1, 0.15) is 24.6 Å². The van der Waals surface area contributed by atoms with E-state index in [1.165, 1.54) is 11.3 Å². The topological polar surface area (TPSA) is 67.4 Å². The Bertz CT molecular complexity index is 507. The number of sulfonamides is 1. The second-order valence-electron chi connectivity index (χ2n) is 4.71. The first-order chi connectivity index (χ1) is 9.03. The molecule has 0 spiro atoms. The molecule has 1 aliphatic rings. The number of ether oxygens (including phenoxy) is 1. The smallest absolute Gasteiger partial charge is 0.250 e. The standard InChI is InChI=1S/C12H20N2O3S2/c1-9(11-4-3-7-17-11)14-19(15,16)12-6-5-10(18-12)8-13-2/h5-6,9,11,13-14H,3-4,7-8H2,1-2H3. The highest BCUT2D eigenvalue weighted by molar-refractivity contribution is 7.91. The molecule has 0 aliphatic carbocycles. The maximum atomic E-state index is 12.2. The highest BCUT2D eigenvalue weighted by Crippen LogP contribution is 2.23. The minimum Gasteiger partial charge on any atom is -0.377 e. The van der Waals surface area contributed by atoms with Gasteiger partial charge in [-0.05, 0) is 38.9 Å². The molecule has 2 rings (SSSR count). The summed E-state index contributed by atoms with van der Waals surface area (Å²) in [6.45, 7) is 3.26. The van der Waals surface area contributed by atoms with Gasteiger partial charge in [-0.3, -0.25) is 0 Å². The lowest BCUT2D eigenvalue weighted by Gasteiger charge is -2.19. The van der Waals surface area contributed by atoms with Crippen molar-refractivity contribution in [2.45, 2.75) is 42.7 Å². The highest BCUT2D eigenvalue weighted by Gasteiger charge is 2.27. The van der Waals surface area contributed by atoms with Gasteiger partial charge in [-0.15, -0.1) is 11.3 Å². The van der Waals surface area contributed by atoms with E-state index in [1.807, 2.05) is 20.0 Å². The largest absolute Gasteiger partial charge is 0.377 e. The Labute approximate surface area is 118 Å². The third-order valence-corrected chi connectivity index (χ3v) is 6.25. The molecule has 1 aromatic heterocycles. The highest BCUT2D eigenvalue weighted by atomic mass is 32.2.